The van der Waals surface area contributed by atoms with Crippen LogP contribution in [-0.2, 0) is 55.4 Å². The lowest BCUT2D eigenvalue weighted by atomic mass is 9.78. The number of hydrogen-bond acceptors (Lipinski definition) is 10. The average Bonchev–Trinajstić information content (AvgIpc) is 4.15. The summed E-state index contributed by atoms with van der Waals surface area (Å²) in [4.78, 5) is -0.313. The second kappa shape index (κ2) is 19.2. The molecule has 0 spiro atoms. The zero-order chi connectivity index (χ0) is 41.4. The summed E-state index contributed by atoms with van der Waals surface area (Å²) in [6.07, 6.45) is 3.62. The molecule has 10 nitrogen and oxygen atoms in total. The zero-order valence-electron chi connectivity index (χ0n) is 34.0. The Kier molecular flexibility index (Phi) is 15.0. The number of ether oxygens (including phenoxy) is 6. The molecule has 6 rings (SSSR count). The predicted molar refractivity (Wildman–Crippen MR) is 221 cm³/mol. The highest BCUT2D eigenvalue weighted by molar-refractivity contribution is 7.92. The van der Waals surface area contributed by atoms with Crippen LogP contribution in [0, 0.1) is 0 Å². The Bertz CT molecular complexity index is 2040. The minimum atomic E-state index is -4.04. The van der Waals surface area contributed by atoms with Crippen molar-refractivity contribution in [3.63, 3.8) is 0 Å². The van der Waals surface area contributed by atoms with E-state index in [1.807, 2.05) is 24.3 Å². The number of epoxide rings is 2. The number of hydrogen-bond donors (Lipinski definition) is 0. The number of benzene rings is 4. The summed E-state index contributed by atoms with van der Waals surface area (Å²) in [5, 5.41) is 0. The molecule has 4 aromatic rings. The smallest absolute Gasteiger partial charge is 0.207 e. The summed E-state index contributed by atoms with van der Waals surface area (Å²) in [7, 11) is -2.62. The fraction of sp³-hybridized carbons (Fsp3) is 0.455. The van der Waals surface area contributed by atoms with Gasteiger partial charge in [0.1, 0.15) is 23.4 Å². The molecule has 57 heavy (non-hydrogen) atoms. The van der Waals surface area contributed by atoms with Crippen molar-refractivity contribution >= 4 is 32.8 Å². The van der Waals surface area contributed by atoms with E-state index in [4.69, 9.17) is 40.3 Å². The molecule has 13 heteroatoms. The number of halogens is 1. The van der Waals surface area contributed by atoms with Gasteiger partial charge in [0.2, 0.25) is 20.9 Å². The van der Waals surface area contributed by atoms with Gasteiger partial charge in [-0.15, -0.1) is 0 Å². The first-order valence-electron chi connectivity index (χ1n) is 19.1. The van der Waals surface area contributed by atoms with Gasteiger partial charge in [-0.25, -0.2) is 12.6 Å². The maximum Gasteiger partial charge on any atom is 0.207 e. The molecule has 2 saturated heterocycles. The molecule has 310 valence electrons. The fourth-order valence-corrected chi connectivity index (χ4v) is 8.70. The van der Waals surface area contributed by atoms with E-state index in [-0.39, 0.29) is 31.3 Å². The molecule has 0 aliphatic carbocycles. The number of sulfone groups is 1. The van der Waals surface area contributed by atoms with Crippen molar-refractivity contribution in [3.05, 3.63) is 108 Å². The van der Waals surface area contributed by atoms with Crippen LogP contribution in [0.5, 0.6) is 17.2 Å². The molecule has 2 aliphatic rings. The lowest BCUT2D eigenvalue weighted by molar-refractivity contribution is -0.0782. The van der Waals surface area contributed by atoms with Crippen LogP contribution in [0.2, 0.25) is 0 Å². The quantitative estimate of drug-likeness (QED) is 0.0844. The summed E-state index contributed by atoms with van der Waals surface area (Å²) < 4.78 is 76.5. The molecular formula is C44H55ClO10S2. The Morgan fingerprint density at radius 3 is 1.82 bits per heavy atom. The molecule has 0 aromatic heterocycles. The summed E-state index contributed by atoms with van der Waals surface area (Å²) in [6.45, 7) is 18.1. The molecule has 3 atom stereocenters. The maximum atomic E-state index is 13.3. The molecule has 2 heterocycles. The maximum absolute atomic E-state index is 13.3. The number of aryl methyl sites for hydroxylation is 1. The Hall–Kier alpha value is -3.33. The standard InChI is InChI=1S/C30H29ClO6S2.C14H26O4/c1-5-21-6-8-22(9-7-21)30(2,3)23-10-12-24(13-11-23)36-25-14-17-27(18-15-25)39(33,34)29-19-16-26(35-4)20-28(29)38(32)37-31;1-13(2,18-10-12-9-16-12)5-6-17-14(3,4)7-11-8-15-11/h6-20H,5H2,1-4H3;11-12H,5-10H2,1-4H3. The van der Waals surface area contributed by atoms with Gasteiger partial charge in [0, 0.05) is 17.9 Å². The predicted octanol–water partition coefficient (Wildman–Crippen LogP) is 9.56. The van der Waals surface area contributed by atoms with Crippen LogP contribution in [0.1, 0.15) is 78.0 Å². The first-order chi connectivity index (χ1) is 27.0. The number of methoxy groups -OCH3 is 1. The Balaban J connectivity index is 0.000000287. The molecule has 2 aliphatic heterocycles. The monoisotopic (exact) mass is 842 g/mol. The Morgan fingerprint density at radius 1 is 0.754 bits per heavy atom. The SMILES string of the molecule is CC(C)(CCOC(C)(C)CC1CO1)OCC1CO1.CCc1ccc(C(C)(C)c2ccc(Oc3ccc(S(=O)(=O)c4ccc(OC)cc4S(=O)OCl)cc3)cc2)cc1. The van der Waals surface area contributed by atoms with Gasteiger partial charge in [0.05, 0.1) is 77.4 Å². The highest BCUT2D eigenvalue weighted by Gasteiger charge is 2.33. The van der Waals surface area contributed by atoms with E-state index in [9.17, 15) is 12.6 Å². The van der Waals surface area contributed by atoms with Crippen molar-refractivity contribution in [1.82, 2.24) is 0 Å². The zero-order valence-corrected chi connectivity index (χ0v) is 36.4. The Morgan fingerprint density at radius 2 is 1.30 bits per heavy atom. The van der Waals surface area contributed by atoms with E-state index in [2.05, 4.69) is 76.5 Å². The van der Waals surface area contributed by atoms with Crippen molar-refractivity contribution in [2.75, 3.05) is 33.5 Å². The third-order valence-electron chi connectivity index (χ3n) is 10.1. The van der Waals surface area contributed by atoms with Gasteiger partial charge < -0.3 is 28.4 Å². The minimum absolute atomic E-state index is 0.000900. The van der Waals surface area contributed by atoms with Crippen molar-refractivity contribution in [3.8, 4) is 17.2 Å². The summed E-state index contributed by atoms with van der Waals surface area (Å²) >= 11 is 3.07. The molecule has 0 N–H and O–H groups in total. The van der Waals surface area contributed by atoms with Crippen LogP contribution < -0.4 is 9.47 Å². The topological polar surface area (TPSA) is 122 Å². The van der Waals surface area contributed by atoms with E-state index in [1.54, 1.807) is 12.1 Å². The molecule has 3 unspecified atom stereocenters. The van der Waals surface area contributed by atoms with Gasteiger partial charge in [0.25, 0.3) is 0 Å². The molecule has 0 saturated carbocycles. The largest absolute Gasteiger partial charge is 0.497 e. The normalized spacial score (nSPS) is 17.3. The van der Waals surface area contributed by atoms with Gasteiger partial charge in [-0.05, 0) is 106 Å². The molecule has 0 bridgehead atoms. The van der Waals surface area contributed by atoms with Gasteiger partial charge in [-0.3, -0.25) is 0 Å². The Labute approximate surface area is 345 Å². The van der Waals surface area contributed by atoms with E-state index in [0.29, 0.717) is 36.1 Å². The molecule has 0 amide bonds. The van der Waals surface area contributed by atoms with Gasteiger partial charge in [-0.2, -0.15) is 3.74 Å². The van der Waals surface area contributed by atoms with Gasteiger partial charge >= 0.3 is 0 Å². The van der Waals surface area contributed by atoms with Crippen LogP contribution in [0.3, 0.4) is 0 Å². The summed E-state index contributed by atoms with van der Waals surface area (Å²) in [6, 6.07) is 26.6. The van der Waals surface area contributed by atoms with Crippen molar-refractivity contribution in [1.29, 1.82) is 0 Å². The lowest BCUT2D eigenvalue weighted by Crippen LogP contribution is -2.32. The second-order valence-corrected chi connectivity index (χ2v) is 19.3. The third kappa shape index (κ3) is 12.8. The molecule has 4 aromatic carbocycles. The van der Waals surface area contributed by atoms with Gasteiger partial charge in [-0.1, -0.05) is 57.2 Å². The minimum Gasteiger partial charge on any atom is -0.497 e. The summed E-state index contributed by atoms with van der Waals surface area (Å²) in [5.74, 6) is 1.41. The molecule has 0 radical (unpaired) electrons. The fourth-order valence-electron chi connectivity index (χ4n) is 6.14. The van der Waals surface area contributed by atoms with Gasteiger partial charge in [0.15, 0.2) is 0 Å². The van der Waals surface area contributed by atoms with Crippen LogP contribution in [0.15, 0.2) is 106 Å². The van der Waals surface area contributed by atoms with E-state index in [1.165, 1.54) is 48.6 Å². The average molecular weight is 844 g/mol. The summed E-state index contributed by atoms with van der Waals surface area (Å²) in [5.41, 5.74) is 3.26. The third-order valence-corrected chi connectivity index (χ3v) is 13.2. The van der Waals surface area contributed by atoms with Crippen molar-refractivity contribution in [2.24, 2.45) is 0 Å². The second-order valence-electron chi connectivity index (χ2n) is 15.9. The lowest BCUT2D eigenvalue weighted by Gasteiger charge is -2.29. The van der Waals surface area contributed by atoms with Crippen LogP contribution in [-0.4, -0.2) is 69.6 Å². The van der Waals surface area contributed by atoms with E-state index < -0.39 is 20.9 Å². The molecule has 2 fully saturated rings. The highest BCUT2D eigenvalue weighted by Crippen LogP contribution is 2.35. The highest BCUT2D eigenvalue weighted by atomic mass is 35.5. The van der Waals surface area contributed by atoms with Crippen LogP contribution >= 0.6 is 11.9 Å². The van der Waals surface area contributed by atoms with E-state index >= 15 is 0 Å². The van der Waals surface area contributed by atoms with Crippen molar-refractivity contribution < 1.29 is 44.8 Å². The first kappa shape index (κ1) is 44.8. The van der Waals surface area contributed by atoms with Crippen LogP contribution in [0.25, 0.3) is 0 Å². The van der Waals surface area contributed by atoms with E-state index in [0.717, 1.165) is 44.6 Å². The first-order valence-corrected chi connectivity index (χ1v) is 22.0. The van der Waals surface area contributed by atoms with Crippen LogP contribution in [0.4, 0.5) is 0 Å². The number of rotatable bonds is 19. The van der Waals surface area contributed by atoms with Crippen molar-refractivity contribution in [2.45, 2.75) is 111 Å². The molecular weight excluding hydrogens is 788 g/mol.